The minimum atomic E-state index is 0. The van der Waals surface area contributed by atoms with Crippen molar-refractivity contribution in [1.82, 2.24) is 20.2 Å². The van der Waals surface area contributed by atoms with Crippen LogP contribution in [0.2, 0.25) is 0 Å². The van der Waals surface area contributed by atoms with Crippen LogP contribution in [0.4, 0.5) is 0 Å². The van der Waals surface area contributed by atoms with Crippen LogP contribution in [-0.4, -0.2) is 46.9 Å². The number of aliphatic hydroxyl groups excluding tert-OH is 1. The maximum Gasteiger partial charge on any atom is 0.191 e. The van der Waals surface area contributed by atoms with Crippen molar-refractivity contribution in [2.45, 2.75) is 66.3 Å². The number of aromatic nitrogens is 2. The standard InChI is InChI=1S/C19H37N5O.HI/c1-5-19(6-2,10-15-25)16-23-18(20-7-3)22-11-8-9-13-24-14-12-21-17(24)4;/h12,14,25H,5-11,13,15-16H2,1-4H3,(H2,20,22,23);1H. The normalized spacial score (nSPS) is 12.0. The molecule has 1 heterocycles. The fourth-order valence-corrected chi connectivity index (χ4v) is 2.99. The highest BCUT2D eigenvalue weighted by Crippen LogP contribution is 2.30. The van der Waals surface area contributed by atoms with Crippen LogP contribution in [0, 0.1) is 12.3 Å². The fraction of sp³-hybridized carbons (Fsp3) is 0.789. The second-order valence-corrected chi connectivity index (χ2v) is 6.68. The third-order valence-electron chi connectivity index (χ3n) is 5.10. The summed E-state index contributed by atoms with van der Waals surface area (Å²) in [5, 5.41) is 16.1. The lowest BCUT2D eigenvalue weighted by Crippen LogP contribution is -2.39. The molecule has 1 rings (SSSR count). The Morgan fingerprint density at radius 2 is 1.96 bits per heavy atom. The van der Waals surface area contributed by atoms with Gasteiger partial charge in [0.1, 0.15) is 5.82 Å². The van der Waals surface area contributed by atoms with E-state index in [4.69, 9.17) is 4.99 Å². The Labute approximate surface area is 176 Å². The summed E-state index contributed by atoms with van der Waals surface area (Å²) in [6.45, 7) is 12.2. The number of imidazole rings is 1. The maximum atomic E-state index is 9.34. The summed E-state index contributed by atoms with van der Waals surface area (Å²) in [6, 6.07) is 0. The number of unbranched alkanes of at least 4 members (excludes halogenated alkanes) is 1. The molecule has 3 N–H and O–H groups in total. The van der Waals surface area contributed by atoms with Gasteiger partial charge in [-0.1, -0.05) is 13.8 Å². The van der Waals surface area contributed by atoms with Gasteiger partial charge >= 0.3 is 0 Å². The van der Waals surface area contributed by atoms with Gasteiger partial charge in [-0.15, -0.1) is 24.0 Å². The molecule has 0 fully saturated rings. The van der Waals surface area contributed by atoms with Crippen molar-refractivity contribution in [2.24, 2.45) is 10.4 Å². The highest BCUT2D eigenvalue weighted by molar-refractivity contribution is 14.0. The predicted octanol–water partition coefficient (Wildman–Crippen LogP) is 3.33. The van der Waals surface area contributed by atoms with Gasteiger partial charge in [0.25, 0.3) is 0 Å². The molecule has 7 heteroatoms. The van der Waals surface area contributed by atoms with Crippen LogP contribution in [-0.2, 0) is 6.54 Å². The Morgan fingerprint density at radius 3 is 2.50 bits per heavy atom. The van der Waals surface area contributed by atoms with E-state index in [1.54, 1.807) is 0 Å². The Kier molecular flexibility index (Phi) is 13.8. The zero-order chi connectivity index (χ0) is 18.5. The molecule has 0 radical (unpaired) electrons. The van der Waals surface area contributed by atoms with E-state index >= 15 is 0 Å². The number of hydrogen-bond donors (Lipinski definition) is 3. The molecule has 1 aromatic rings. The van der Waals surface area contributed by atoms with E-state index < -0.39 is 0 Å². The van der Waals surface area contributed by atoms with Crippen molar-refractivity contribution in [3.8, 4) is 0 Å². The van der Waals surface area contributed by atoms with Crippen LogP contribution in [0.15, 0.2) is 17.4 Å². The van der Waals surface area contributed by atoms with Crippen LogP contribution in [0.25, 0.3) is 0 Å². The minimum absolute atomic E-state index is 0. The van der Waals surface area contributed by atoms with Crippen molar-refractivity contribution in [3.05, 3.63) is 18.2 Å². The van der Waals surface area contributed by atoms with Gasteiger partial charge in [0.05, 0.1) is 0 Å². The molecule has 0 aromatic carbocycles. The second-order valence-electron chi connectivity index (χ2n) is 6.68. The Morgan fingerprint density at radius 1 is 1.23 bits per heavy atom. The van der Waals surface area contributed by atoms with Gasteiger partial charge in [0.15, 0.2) is 5.96 Å². The van der Waals surface area contributed by atoms with E-state index in [0.717, 1.165) is 70.1 Å². The molecule has 0 spiro atoms. The van der Waals surface area contributed by atoms with Gasteiger partial charge < -0.3 is 20.3 Å². The average molecular weight is 479 g/mol. The highest BCUT2D eigenvalue weighted by atomic mass is 127. The SMILES string of the molecule is CCNC(=NCC(CC)(CC)CCO)NCCCCn1ccnc1C.I. The van der Waals surface area contributed by atoms with E-state index in [-0.39, 0.29) is 36.0 Å². The number of nitrogens with zero attached hydrogens (tertiary/aromatic N) is 3. The average Bonchev–Trinajstić information content (AvgIpc) is 3.03. The molecular formula is C19H38IN5O. The number of hydrogen-bond acceptors (Lipinski definition) is 3. The molecule has 0 aliphatic carbocycles. The molecule has 6 nitrogen and oxygen atoms in total. The molecule has 26 heavy (non-hydrogen) atoms. The number of halogens is 1. The smallest absolute Gasteiger partial charge is 0.191 e. The predicted molar refractivity (Wildman–Crippen MR) is 120 cm³/mol. The van der Waals surface area contributed by atoms with E-state index in [9.17, 15) is 5.11 Å². The lowest BCUT2D eigenvalue weighted by molar-refractivity contribution is 0.175. The zero-order valence-electron chi connectivity index (χ0n) is 16.9. The van der Waals surface area contributed by atoms with Gasteiger partial charge in [-0.05, 0) is 51.4 Å². The molecule has 152 valence electrons. The monoisotopic (exact) mass is 479 g/mol. The first-order valence-corrected chi connectivity index (χ1v) is 9.71. The molecule has 0 amide bonds. The molecule has 0 atom stereocenters. The second kappa shape index (κ2) is 14.3. The summed E-state index contributed by atoms with van der Waals surface area (Å²) in [4.78, 5) is 9.02. The molecular weight excluding hydrogens is 441 g/mol. The molecule has 1 aromatic heterocycles. The van der Waals surface area contributed by atoms with Gasteiger partial charge in [-0.25, -0.2) is 4.98 Å². The van der Waals surface area contributed by atoms with E-state index in [1.165, 1.54) is 0 Å². The number of aryl methyl sites for hydroxylation is 2. The third-order valence-corrected chi connectivity index (χ3v) is 5.10. The third kappa shape index (κ3) is 8.70. The first-order chi connectivity index (χ1) is 12.1. The van der Waals surface area contributed by atoms with Crippen LogP contribution >= 0.6 is 24.0 Å². The molecule has 0 saturated carbocycles. The summed E-state index contributed by atoms with van der Waals surface area (Å²) in [6.07, 6.45) is 8.98. The lowest BCUT2D eigenvalue weighted by Gasteiger charge is -2.29. The molecule has 0 unspecified atom stereocenters. The van der Waals surface area contributed by atoms with Gasteiger partial charge in [-0.2, -0.15) is 0 Å². The van der Waals surface area contributed by atoms with E-state index in [1.807, 2.05) is 19.3 Å². The maximum absolute atomic E-state index is 9.34. The van der Waals surface area contributed by atoms with E-state index in [2.05, 4.69) is 41.0 Å². The number of aliphatic imine (C=N–C) groups is 1. The summed E-state index contributed by atoms with van der Waals surface area (Å²) in [5.41, 5.74) is 0.107. The summed E-state index contributed by atoms with van der Waals surface area (Å²) in [5.74, 6) is 1.95. The molecule has 0 bridgehead atoms. The first-order valence-electron chi connectivity index (χ1n) is 9.71. The Bertz CT molecular complexity index is 500. The number of guanidine groups is 1. The van der Waals surface area contributed by atoms with Crippen molar-refractivity contribution in [1.29, 1.82) is 0 Å². The number of rotatable bonds is 12. The van der Waals surface area contributed by atoms with Crippen molar-refractivity contribution < 1.29 is 5.11 Å². The highest BCUT2D eigenvalue weighted by Gasteiger charge is 2.25. The van der Waals surface area contributed by atoms with Crippen LogP contribution in [0.5, 0.6) is 0 Å². The lowest BCUT2D eigenvalue weighted by atomic mass is 9.79. The number of aliphatic hydroxyl groups is 1. The first kappa shape index (κ1) is 25.2. The largest absolute Gasteiger partial charge is 0.396 e. The van der Waals surface area contributed by atoms with Gasteiger partial charge in [0.2, 0.25) is 0 Å². The van der Waals surface area contributed by atoms with Crippen molar-refractivity contribution >= 4 is 29.9 Å². The summed E-state index contributed by atoms with van der Waals surface area (Å²) >= 11 is 0. The summed E-state index contributed by atoms with van der Waals surface area (Å²) in [7, 11) is 0. The molecule has 0 aliphatic rings. The van der Waals surface area contributed by atoms with Crippen LogP contribution in [0.1, 0.15) is 58.7 Å². The van der Waals surface area contributed by atoms with Gasteiger partial charge in [0, 0.05) is 45.2 Å². The van der Waals surface area contributed by atoms with Gasteiger partial charge in [-0.3, -0.25) is 4.99 Å². The van der Waals surface area contributed by atoms with Crippen molar-refractivity contribution in [2.75, 3.05) is 26.2 Å². The Hall–Kier alpha value is -0.830. The Balaban J connectivity index is 0.00000625. The minimum Gasteiger partial charge on any atom is -0.396 e. The number of nitrogens with one attached hydrogen (secondary N) is 2. The van der Waals surface area contributed by atoms with Crippen LogP contribution < -0.4 is 10.6 Å². The van der Waals surface area contributed by atoms with Crippen molar-refractivity contribution in [3.63, 3.8) is 0 Å². The molecule has 0 saturated heterocycles. The summed E-state index contributed by atoms with van der Waals surface area (Å²) < 4.78 is 2.19. The fourth-order valence-electron chi connectivity index (χ4n) is 2.99. The topological polar surface area (TPSA) is 74.5 Å². The van der Waals surface area contributed by atoms with Crippen LogP contribution in [0.3, 0.4) is 0 Å². The zero-order valence-corrected chi connectivity index (χ0v) is 19.3. The van der Waals surface area contributed by atoms with E-state index in [0.29, 0.717) is 0 Å². The molecule has 0 aliphatic heterocycles. The quantitative estimate of drug-likeness (QED) is 0.186.